The maximum absolute atomic E-state index is 12.9. The zero-order chi connectivity index (χ0) is 21.3. The number of fused-ring (bicyclic) bond motifs is 1. The number of anilines is 4. The van der Waals surface area contributed by atoms with Crippen LogP contribution in [0.4, 0.5) is 23.1 Å². The number of aromatic nitrogens is 2. The number of nitrogens with zero attached hydrogens (tertiary/aromatic N) is 1. The lowest BCUT2D eigenvalue weighted by Crippen LogP contribution is -2.36. The van der Waals surface area contributed by atoms with Crippen molar-refractivity contribution in [3.8, 4) is 0 Å². The summed E-state index contributed by atoms with van der Waals surface area (Å²) in [7, 11) is 0. The van der Waals surface area contributed by atoms with Gasteiger partial charge < -0.3 is 16.0 Å². The van der Waals surface area contributed by atoms with Crippen LogP contribution in [0.5, 0.6) is 0 Å². The highest BCUT2D eigenvalue weighted by Gasteiger charge is 2.34. The van der Waals surface area contributed by atoms with Gasteiger partial charge in [0.1, 0.15) is 5.82 Å². The first-order valence-corrected chi connectivity index (χ1v) is 9.61. The maximum Gasteiger partial charge on any atom is 0.258 e. The highest BCUT2D eigenvalue weighted by Crippen LogP contribution is 2.30. The fourth-order valence-electron chi connectivity index (χ4n) is 3.21. The molecule has 152 valence electrons. The van der Waals surface area contributed by atoms with Gasteiger partial charge in [-0.05, 0) is 36.8 Å². The number of para-hydroxylation sites is 1. The molecule has 2 aromatic carbocycles. The first-order valence-electron chi connectivity index (χ1n) is 9.24. The van der Waals surface area contributed by atoms with Crippen molar-refractivity contribution in [2.24, 2.45) is 0 Å². The van der Waals surface area contributed by atoms with Crippen LogP contribution in [0.2, 0.25) is 5.02 Å². The van der Waals surface area contributed by atoms with Crippen LogP contribution in [-0.2, 0) is 9.59 Å². The lowest BCUT2D eigenvalue weighted by Gasteiger charge is -2.23. The average Bonchev–Trinajstić information content (AvgIpc) is 2.70. The molecule has 3 aromatic rings. The molecule has 0 bridgehead atoms. The van der Waals surface area contributed by atoms with Gasteiger partial charge in [-0.1, -0.05) is 35.9 Å². The first kappa shape index (κ1) is 19.7. The van der Waals surface area contributed by atoms with E-state index in [4.69, 9.17) is 11.6 Å². The van der Waals surface area contributed by atoms with E-state index in [1.807, 2.05) is 25.1 Å². The van der Waals surface area contributed by atoms with Crippen LogP contribution >= 0.6 is 11.6 Å². The van der Waals surface area contributed by atoms with Crippen molar-refractivity contribution >= 4 is 46.6 Å². The van der Waals surface area contributed by atoms with Crippen LogP contribution in [-0.4, -0.2) is 21.8 Å². The van der Waals surface area contributed by atoms with Gasteiger partial charge >= 0.3 is 0 Å². The summed E-state index contributed by atoms with van der Waals surface area (Å²) in [4.78, 5) is 44.7. The van der Waals surface area contributed by atoms with Crippen molar-refractivity contribution in [3.05, 3.63) is 75.0 Å². The van der Waals surface area contributed by atoms with Crippen molar-refractivity contribution in [2.75, 3.05) is 16.0 Å². The average molecular weight is 424 g/mol. The summed E-state index contributed by atoms with van der Waals surface area (Å²) in [6.45, 7) is 1.85. The molecule has 0 spiro atoms. The van der Waals surface area contributed by atoms with Crippen molar-refractivity contribution in [2.45, 2.75) is 19.3 Å². The van der Waals surface area contributed by atoms with Gasteiger partial charge in [-0.15, -0.1) is 0 Å². The largest absolute Gasteiger partial charge is 0.326 e. The molecule has 0 saturated carbocycles. The molecule has 30 heavy (non-hydrogen) atoms. The molecule has 1 aliphatic heterocycles. The third-order valence-corrected chi connectivity index (χ3v) is 5.15. The number of halogens is 1. The Morgan fingerprint density at radius 2 is 1.90 bits per heavy atom. The predicted octanol–water partition coefficient (Wildman–Crippen LogP) is 3.54. The molecule has 9 heteroatoms. The molecule has 1 aromatic heterocycles. The number of nitrogens with one attached hydrogen (secondary N) is 4. The summed E-state index contributed by atoms with van der Waals surface area (Å²) < 4.78 is 0. The van der Waals surface area contributed by atoms with E-state index in [9.17, 15) is 14.4 Å². The number of aromatic amines is 1. The number of benzene rings is 2. The summed E-state index contributed by atoms with van der Waals surface area (Å²) in [5, 5.41) is 8.78. The van der Waals surface area contributed by atoms with Crippen molar-refractivity contribution in [1.82, 2.24) is 9.97 Å². The minimum atomic E-state index is -0.976. The number of amides is 2. The lowest BCUT2D eigenvalue weighted by atomic mass is 9.92. The van der Waals surface area contributed by atoms with E-state index in [0.29, 0.717) is 16.4 Å². The number of hydrogen-bond acceptors (Lipinski definition) is 5. The standard InChI is InChI=1S/C21H18ClN5O3/c1-11-7-8-13(9-15(11)22)23-19(29)14-10-16(28)25-18-17(14)20(30)27-21(26-18)24-12-5-3-2-4-6-12/h2-9,14H,10H2,1H3,(H,23,29)(H3,24,25,26,27,28,30)/t14-/m0/s1. The molecule has 0 fully saturated rings. The van der Waals surface area contributed by atoms with E-state index in [1.54, 1.807) is 30.3 Å². The van der Waals surface area contributed by atoms with Crippen LogP contribution in [0.25, 0.3) is 0 Å². The minimum absolute atomic E-state index is 0.0653. The van der Waals surface area contributed by atoms with E-state index in [2.05, 4.69) is 25.9 Å². The highest BCUT2D eigenvalue weighted by atomic mass is 35.5. The number of rotatable bonds is 4. The van der Waals surface area contributed by atoms with Gasteiger partial charge in [-0.25, -0.2) is 0 Å². The van der Waals surface area contributed by atoms with Gasteiger partial charge in [0, 0.05) is 22.8 Å². The predicted molar refractivity (Wildman–Crippen MR) is 115 cm³/mol. The van der Waals surface area contributed by atoms with E-state index in [1.165, 1.54) is 0 Å². The Balaban J connectivity index is 1.64. The smallest absolute Gasteiger partial charge is 0.258 e. The highest BCUT2D eigenvalue weighted by molar-refractivity contribution is 6.31. The molecule has 4 N–H and O–H groups in total. The van der Waals surface area contributed by atoms with Crippen LogP contribution in [0.15, 0.2) is 53.3 Å². The van der Waals surface area contributed by atoms with Gasteiger partial charge in [-0.3, -0.25) is 19.4 Å². The summed E-state index contributed by atoms with van der Waals surface area (Å²) in [5.74, 6) is -1.63. The van der Waals surface area contributed by atoms with Crippen LogP contribution in [0.1, 0.15) is 23.5 Å². The third-order valence-electron chi connectivity index (χ3n) is 4.74. The molecule has 4 rings (SSSR count). The van der Waals surface area contributed by atoms with Crippen LogP contribution in [0.3, 0.4) is 0 Å². The molecule has 0 radical (unpaired) electrons. The van der Waals surface area contributed by atoms with Gasteiger partial charge in [-0.2, -0.15) is 4.98 Å². The molecule has 0 saturated heterocycles. The number of hydrogen-bond donors (Lipinski definition) is 4. The summed E-state index contributed by atoms with van der Waals surface area (Å²) in [6, 6.07) is 14.2. The van der Waals surface area contributed by atoms with Crippen LogP contribution < -0.4 is 21.5 Å². The van der Waals surface area contributed by atoms with Crippen molar-refractivity contribution < 1.29 is 9.59 Å². The fourth-order valence-corrected chi connectivity index (χ4v) is 3.39. The molecule has 8 nitrogen and oxygen atoms in total. The Labute approximate surface area is 176 Å². The number of aryl methyl sites for hydroxylation is 1. The van der Waals surface area contributed by atoms with E-state index < -0.39 is 23.3 Å². The third kappa shape index (κ3) is 4.04. The summed E-state index contributed by atoms with van der Waals surface area (Å²) >= 11 is 6.11. The number of carbonyl (C=O) groups is 2. The SMILES string of the molecule is Cc1ccc(NC(=O)[C@H]2CC(=O)Nc3nc(Nc4ccccc4)[nH]c(=O)c32)cc1Cl. The Morgan fingerprint density at radius 1 is 1.13 bits per heavy atom. The zero-order valence-electron chi connectivity index (χ0n) is 16.0. The Bertz CT molecular complexity index is 1190. The molecular formula is C21H18ClN5O3. The van der Waals surface area contributed by atoms with E-state index >= 15 is 0 Å². The van der Waals surface area contributed by atoms with E-state index in [0.717, 1.165) is 5.56 Å². The van der Waals surface area contributed by atoms with E-state index in [-0.39, 0.29) is 23.8 Å². The molecule has 0 unspecified atom stereocenters. The number of carbonyl (C=O) groups excluding carboxylic acids is 2. The lowest BCUT2D eigenvalue weighted by molar-refractivity contribution is -0.123. The second-order valence-corrected chi connectivity index (χ2v) is 7.33. The van der Waals surface area contributed by atoms with Gasteiger partial charge in [0.25, 0.3) is 5.56 Å². The van der Waals surface area contributed by atoms with Crippen molar-refractivity contribution in [1.29, 1.82) is 0 Å². The first-order chi connectivity index (χ1) is 14.4. The fraction of sp³-hybridized carbons (Fsp3) is 0.143. The monoisotopic (exact) mass is 423 g/mol. The molecular weight excluding hydrogens is 406 g/mol. The summed E-state index contributed by atoms with van der Waals surface area (Å²) in [5.41, 5.74) is 1.68. The van der Waals surface area contributed by atoms with Crippen LogP contribution in [0, 0.1) is 6.92 Å². The van der Waals surface area contributed by atoms with Crippen molar-refractivity contribution in [3.63, 3.8) is 0 Å². The van der Waals surface area contributed by atoms with Gasteiger partial charge in [0.2, 0.25) is 17.8 Å². The molecule has 1 aliphatic rings. The molecule has 2 heterocycles. The zero-order valence-corrected chi connectivity index (χ0v) is 16.7. The summed E-state index contributed by atoms with van der Waals surface area (Å²) in [6.07, 6.45) is -0.158. The Morgan fingerprint density at radius 3 is 2.63 bits per heavy atom. The molecule has 1 atom stereocenters. The maximum atomic E-state index is 12.9. The second-order valence-electron chi connectivity index (χ2n) is 6.93. The quantitative estimate of drug-likeness (QED) is 0.512. The van der Waals surface area contributed by atoms with Gasteiger partial charge in [0.15, 0.2) is 0 Å². The normalized spacial score (nSPS) is 15.1. The van der Waals surface area contributed by atoms with Gasteiger partial charge in [0.05, 0.1) is 11.5 Å². The Kier molecular flexibility index (Phi) is 5.24. The molecule has 0 aliphatic carbocycles. The topological polar surface area (TPSA) is 116 Å². The Hall–Kier alpha value is -3.65. The minimum Gasteiger partial charge on any atom is -0.326 e. The molecule has 2 amide bonds. The second kappa shape index (κ2) is 8.00. The number of H-pyrrole nitrogens is 1.